The molecule has 194 valence electrons. The van der Waals surface area contributed by atoms with Crippen LogP contribution in [0.15, 0.2) is 176 Å². The van der Waals surface area contributed by atoms with Crippen molar-refractivity contribution in [3.8, 4) is 33.4 Å². The van der Waals surface area contributed by atoms with Crippen LogP contribution in [0.4, 0.5) is 17.1 Å². The van der Waals surface area contributed by atoms with Gasteiger partial charge in [0.05, 0.1) is 11.0 Å². The third-order valence-electron chi connectivity index (χ3n) is 7.00. The van der Waals surface area contributed by atoms with E-state index in [1.54, 1.807) is 72.8 Å². The van der Waals surface area contributed by atoms with Gasteiger partial charge in [0.15, 0.2) is 0 Å². The lowest BCUT2D eigenvalue weighted by molar-refractivity contribution is 1.28. The van der Waals surface area contributed by atoms with Crippen LogP contribution < -0.4 is 4.90 Å². The summed E-state index contributed by atoms with van der Waals surface area (Å²) in [6.07, 6.45) is 0. The predicted octanol–water partition coefficient (Wildman–Crippen LogP) is 11.3. The highest BCUT2D eigenvalue weighted by molar-refractivity contribution is 5.97. The van der Waals surface area contributed by atoms with Crippen molar-refractivity contribution in [3.05, 3.63) is 176 Å². The summed E-state index contributed by atoms with van der Waals surface area (Å²) in [5.41, 5.74) is 2.98. The largest absolute Gasteiger partial charge is 0.310 e. The van der Waals surface area contributed by atoms with Gasteiger partial charge in [0.2, 0.25) is 0 Å². The quantitative estimate of drug-likeness (QED) is 0.206. The molecule has 0 spiro atoms. The Morgan fingerprint density at radius 1 is 0.366 bits per heavy atom. The van der Waals surface area contributed by atoms with E-state index in [-0.39, 0.29) is 70.8 Å². The van der Waals surface area contributed by atoms with E-state index in [1.165, 1.54) is 4.90 Å². The third-order valence-corrected chi connectivity index (χ3v) is 7.00. The molecular formula is C40H29N. The number of hydrogen-bond acceptors (Lipinski definition) is 1. The van der Waals surface area contributed by atoms with Crippen LogP contribution in [0, 0.1) is 0 Å². The van der Waals surface area contributed by atoms with Crippen LogP contribution in [-0.2, 0) is 0 Å². The van der Waals surface area contributed by atoms with Gasteiger partial charge in [-0.2, -0.15) is 0 Å². The summed E-state index contributed by atoms with van der Waals surface area (Å²) in [6, 6.07) is 36.1. The van der Waals surface area contributed by atoms with Crippen molar-refractivity contribution in [2.45, 2.75) is 0 Å². The number of fused-ring (bicyclic) bond motifs is 1. The summed E-state index contributed by atoms with van der Waals surface area (Å²) in [6.45, 7) is 0. The van der Waals surface area contributed by atoms with Crippen molar-refractivity contribution in [2.75, 3.05) is 4.90 Å². The van der Waals surface area contributed by atoms with Gasteiger partial charge in [0, 0.05) is 17.1 Å². The molecule has 0 aliphatic heterocycles. The number of nitrogens with zero attached hydrogens (tertiary/aromatic N) is 1. The SMILES string of the molecule is [2H]c1c([2H])c(N(c2cccc(-c3cccc4ccccc34)c2)c2c([2H])c([2H])c(-c3ccccc3)c([2H])c2[2H])c([2H])c([2H])c1-c1ccccc1. The van der Waals surface area contributed by atoms with Crippen molar-refractivity contribution < 1.29 is 11.0 Å². The smallest absolute Gasteiger partial charge is 0.0645 e. The van der Waals surface area contributed by atoms with E-state index >= 15 is 0 Å². The minimum Gasteiger partial charge on any atom is -0.310 e. The molecule has 0 saturated heterocycles. The van der Waals surface area contributed by atoms with E-state index < -0.39 is 0 Å². The molecule has 0 amide bonds. The number of rotatable bonds is 6. The second-order valence-corrected chi connectivity index (χ2v) is 9.59. The van der Waals surface area contributed by atoms with E-state index in [2.05, 4.69) is 0 Å². The Morgan fingerprint density at radius 2 is 0.854 bits per heavy atom. The van der Waals surface area contributed by atoms with E-state index in [9.17, 15) is 5.48 Å². The molecule has 0 radical (unpaired) electrons. The molecule has 7 aromatic carbocycles. The number of benzene rings is 7. The van der Waals surface area contributed by atoms with E-state index in [0.29, 0.717) is 16.8 Å². The first kappa shape index (κ1) is 17.3. The Labute approximate surface area is 252 Å². The summed E-state index contributed by atoms with van der Waals surface area (Å²) in [5.74, 6) is 0. The second kappa shape index (κ2) is 11.0. The maximum atomic E-state index is 9.25. The van der Waals surface area contributed by atoms with Crippen molar-refractivity contribution in [1.82, 2.24) is 0 Å². The summed E-state index contributed by atoms with van der Waals surface area (Å²) in [4.78, 5) is 1.35. The maximum Gasteiger partial charge on any atom is 0.0645 e. The molecule has 1 heteroatoms. The van der Waals surface area contributed by atoms with E-state index in [0.717, 1.165) is 21.9 Å². The van der Waals surface area contributed by atoms with E-state index in [1.807, 2.05) is 54.6 Å². The lowest BCUT2D eigenvalue weighted by atomic mass is 9.97. The van der Waals surface area contributed by atoms with Crippen molar-refractivity contribution in [1.29, 1.82) is 0 Å². The lowest BCUT2D eigenvalue weighted by Crippen LogP contribution is -2.10. The van der Waals surface area contributed by atoms with Crippen LogP contribution in [0.25, 0.3) is 44.2 Å². The number of anilines is 3. The molecule has 0 aliphatic rings. The van der Waals surface area contributed by atoms with E-state index in [4.69, 9.17) is 5.48 Å². The highest BCUT2D eigenvalue weighted by atomic mass is 15.1. The normalized spacial score (nSPS) is 13.7. The fraction of sp³-hybridized carbons (Fsp3) is 0. The summed E-state index contributed by atoms with van der Waals surface area (Å²) in [7, 11) is 0. The maximum absolute atomic E-state index is 9.25. The van der Waals surface area contributed by atoms with Gasteiger partial charge >= 0.3 is 0 Å². The molecule has 7 rings (SSSR count). The molecule has 41 heavy (non-hydrogen) atoms. The first-order valence-corrected chi connectivity index (χ1v) is 13.4. The van der Waals surface area contributed by atoms with Gasteiger partial charge < -0.3 is 4.90 Å². The molecule has 0 unspecified atom stereocenters. The lowest BCUT2D eigenvalue weighted by Gasteiger charge is -2.26. The molecule has 0 aliphatic carbocycles. The molecule has 0 heterocycles. The van der Waals surface area contributed by atoms with Crippen LogP contribution in [0.1, 0.15) is 11.0 Å². The molecule has 0 saturated carbocycles. The Kier molecular flexibility index (Phi) is 4.65. The van der Waals surface area contributed by atoms with Gasteiger partial charge in [-0.15, -0.1) is 0 Å². The Hall–Kier alpha value is -5.40. The van der Waals surface area contributed by atoms with Gasteiger partial charge in [-0.1, -0.05) is 139 Å². The Bertz CT molecular complexity index is 2210. The van der Waals surface area contributed by atoms with Crippen molar-refractivity contribution >= 4 is 27.8 Å². The molecular weight excluding hydrogens is 494 g/mol. The molecule has 0 aromatic heterocycles. The zero-order valence-corrected chi connectivity index (χ0v) is 22.1. The summed E-state index contributed by atoms with van der Waals surface area (Å²) in [5, 5.41) is 2.04. The van der Waals surface area contributed by atoms with Crippen LogP contribution in [-0.4, -0.2) is 0 Å². The number of hydrogen-bond donors (Lipinski definition) is 0. The van der Waals surface area contributed by atoms with Crippen LogP contribution in [0.5, 0.6) is 0 Å². The molecule has 0 atom stereocenters. The monoisotopic (exact) mass is 531 g/mol. The topological polar surface area (TPSA) is 3.24 Å². The third kappa shape index (κ3) is 5.02. The molecule has 0 fully saturated rings. The Morgan fingerprint density at radius 3 is 1.46 bits per heavy atom. The minimum atomic E-state index is -0.376. The summed E-state index contributed by atoms with van der Waals surface area (Å²) < 4.78 is 73.2. The molecule has 7 aromatic rings. The standard InChI is InChI=1S/C40H29N/c1-3-11-30(12-4-1)32-21-25-36(26-22-32)41(37-27-23-33(24-28-37)31-13-5-2-6-14-31)38-18-9-17-35(29-38)40-20-10-16-34-15-7-8-19-39(34)40/h1-29H/i21D,22D,23D,24D,25D,26D,27D,28D. The van der Waals surface area contributed by atoms with Crippen molar-refractivity contribution in [2.24, 2.45) is 0 Å². The van der Waals surface area contributed by atoms with Crippen LogP contribution in [0.2, 0.25) is 0 Å². The van der Waals surface area contributed by atoms with Gasteiger partial charge in [-0.25, -0.2) is 0 Å². The first-order chi connectivity index (χ1) is 23.7. The average Bonchev–Trinajstić information content (AvgIpc) is 3.13. The molecule has 0 N–H and O–H groups in total. The molecule has 0 bridgehead atoms. The zero-order chi connectivity index (χ0) is 34.4. The fourth-order valence-electron chi connectivity index (χ4n) is 4.99. The van der Waals surface area contributed by atoms with Crippen LogP contribution >= 0.6 is 0 Å². The fourth-order valence-corrected chi connectivity index (χ4v) is 4.99. The Balaban J connectivity index is 1.54. The van der Waals surface area contributed by atoms with Crippen LogP contribution in [0.3, 0.4) is 0 Å². The van der Waals surface area contributed by atoms with Gasteiger partial charge in [0.25, 0.3) is 0 Å². The average molecular weight is 532 g/mol. The highest BCUT2D eigenvalue weighted by Gasteiger charge is 2.15. The summed E-state index contributed by atoms with van der Waals surface area (Å²) >= 11 is 0. The van der Waals surface area contributed by atoms with Crippen molar-refractivity contribution in [3.63, 3.8) is 0 Å². The predicted molar refractivity (Wildman–Crippen MR) is 175 cm³/mol. The van der Waals surface area contributed by atoms with Gasteiger partial charge in [-0.3, -0.25) is 0 Å². The van der Waals surface area contributed by atoms with Gasteiger partial charge in [-0.05, 0) is 80.5 Å². The molecule has 1 nitrogen and oxygen atoms in total. The van der Waals surface area contributed by atoms with Gasteiger partial charge in [0.1, 0.15) is 0 Å². The zero-order valence-electron chi connectivity index (χ0n) is 30.1. The first-order valence-electron chi connectivity index (χ1n) is 17.4. The second-order valence-electron chi connectivity index (χ2n) is 9.59. The minimum absolute atomic E-state index is 0.128. The highest BCUT2D eigenvalue weighted by Crippen LogP contribution is 2.39.